The van der Waals surface area contributed by atoms with E-state index in [1.807, 2.05) is 49.4 Å². The van der Waals surface area contributed by atoms with Crippen molar-refractivity contribution in [2.24, 2.45) is 0 Å². The Morgan fingerprint density at radius 1 is 1.14 bits per heavy atom. The van der Waals surface area contributed by atoms with E-state index in [1.165, 1.54) is 5.56 Å². The van der Waals surface area contributed by atoms with Crippen LogP contribution in [0.15, 0.2) is 62.3 Å². The first-order valence-electron chi connectivity index (χ1n) is 6.68. The summed E-state index contributed by atoms with van der Waals surface area (Å²) in [7, 11) is 0. The highest BCUT2D eigenvalue weighted by molar-refractivity contribution is 9.10. The van der Waals surface area contributed by atoms with Crippen LogP contribution in [0.1, 0.15) is 17.4 Å². The van der Waals surface area contributed by atoms with Gasteiger partial charge in [0.1, 0.15) is 17.4 Å². The van der Waals surface area contributed by atoms with Crippen molar-refractivity contribution in [3.05, 3.63) is 64.3 Å². The predicted octanol–water partition coefficient (Wildman–Crippen LogP) is 5.33. The van der Waals surface area contributed by atoms with Gasteiger partial charge in [-0.2, -0.15) is 0 Å². The molecule has 0 radical (unpaired) electrons. The Bertz CT molecular complexity index is 749. The first-order valence-corrected chi connectivity index (χ1v) is 8.46. The lowest BCUT2D eigenvalue weighted by Gasteiger charge is -2.07. The highest BCUT2D eigenvalue weighted by Gasteiger charge is 2.14. The average Bonchev–Trinajstić information content (AvgIpc) is 2.89. The molecule has 0 aliphatic rings. The van der Waals surface area contributed by atoms with Crippen LogP contribution in [-0.2, 0) is 0 Å². The van der Waals surface area contributed by atoms with Gasteiger partial charge in [0.25, 0.3) is 0 Å². The number of aryl methyl sites for hydroxylation is 1. The van der Waals surface area contributed by atoms with Gasteiger partial charge in [-0.1, -0.05) is 27.6 Å². The molecule has 2 nitrogen and oxygen atoms in total. The molecule has 1 heterocycles. The number of thioether (sulfide) groups is 1. The van der Waals surface area contributed by atoms with Crippen LogP contribution in [0.5, 0.6) is 0 Å². The van der Waals surface area contributed by atoms with Gasteiger partial charge in [0.2, 0.25) is 0 Å². The number of benzene rings is 2. The summed E-state index contributed by atoms with van der Waals surface area (Å²) >= 11 is 5.03. The predicted molar refractivity (Wildman–Crippen MR) is 90.8 cm³/mol. The third-order valence-corrected chi connectivity index (χ3v) is 4.86. The molecule has 0 bridgehead atoms. The molecule has 0 aliphatic carbocycles. The van der Waals surface area contributed by atoms with E-state index in [1.54, 1.807) is 11.8 Å². The minimum atomic E-state index is -0.605. The van der Waals surface area contributed by atoms with Crippen molar-refractivity contribution in [3.63, 3.8) is 0 Å². The van der Waals surface area contributed by atoms with Crippen molar-refractivity contribution in [2.75, 3.05) is 5.75 Å². The molecule has 1 aromatic heterocycles. The van der Waals surface area contributed by atoms with Gasteiger partial charge in [0.15, 0.2) is 0 Å². The van der Waals surface area contributed by atoms with E-state index in [4.69, 9.17) is 4.42 Å². The molecule has 3 aromatic rings. The summed E-state index contributed by atoms with van der Waals surface area (Å²) in [6, 6.07) is 16.0. The molecule has 4 heteroatoms. The number of aliphatic hydroxyl groups excluding tert-OH is 1. The molecule has 1 N–H and O–H groups in total. The second-order valence-electron chi connectivity index (χ2n) is 4.97. The van der Waals surface area contributed by atoms with E-state index in [9.17, 15) is 5.11 Å². The number of fused-ring (bicyclic) bond motifs is 1. The molecule has 108 valence electrons. The molecule has 0 amide bonds. The first-order chi connectivity index (χ1) is 10.1. The largest absolute Gasteiger partial charge is 0.458 e. The van der Waals surface area contributed by atoms with Crippen LogP contribution in [0.25, 0.3) is 11.0 Å². The number of furan rings is 1. The summed E-state index contributed by atoms with van der Waals surface area (Å²) < 4.78 is 6.78. The maximum absolute atomic E-state index is 10.3. The number of hydrogen-bond donors (Lipinski definition) is 1. The van der Waals surface area contributed by atoms with Crippen molar-refractivity contribution in [1.82, 2.24) is 0 Å². The normalized spacial score (nSPS) is 12.7. The Morgan fingerprint density at radius 2 is 1.90 bits per heavy atom. The van der Waals surface area contributed by atoms with Crippen molar-refractivity contribution in [2.45, 2.75) is 17.9 Å². The summed E-state index contributed by atoms with van der Waals surface area (Å²) in [6.07, 6.45) is -0.605. The highest BCUT2D eigenvalue weighted by atomic mass is 79.9. The van der Waals surface area contributed by atoms with Gasteiger partial charge >= 0.3 is 0 Å². The molecule has 2 aromatic carbocycles. The fourth-order valence-corrected chi connectivity index (χ4v) is 3.24. The molecule has 1 atom stereocenters. The molecule has 0 saturated carbocycles. The summed E-state index contributed by atoms with van der Waals surface area (Å²) in [4.78, 5) is 1.13. The van der Waals surface area contributed by atoms with Gasteiger partial charge in [-0.05, 0) is 49.4 Å². The van der Waals surface area contributed by atoms with Crippen LogP contribution in [0.2, 0.25) is 0 Å². The average molecular weight is 363 g/mol. The van der Waals surface area contributed by atoms with E-state index in [0.717, 1.165) is 20.3 Å². The van der Waals surface area contributed by atoms with Crippen molar-refractivity contribution < 1.29 is 9.52 Å². The quantitative estimate of drug-likeness (QED) is 0.636. The van der Waals surface area contributed by atoms with Crippen LogP contribution in [-0.4, -0.2) is 10.9 Å². The molecule has 0 aliphatic heterocycles. The molecular formula is C17H15BrO2S. The lowest BCUT2D eigenvalue weighted by molar-refractivity contribution is 0.177. The summed E-state index contributed by atoms with van der Waals surface area (Å²) in [6.45, 7) is 2.05. The number of aliphatic hydroxyl groups is 1. The highest BCUT2D eigenvalue weighted by Crippen LogP contribution is 2.29. The maximum atomic E-state index is 10.3. The van der Waals surface area contributed by atoms with Crippen molar-refractivity contribution >= 4 is 38.7 Å². The van der Waals surface area contributed by atoms with Gasteiger partial charge in [-0.3, -0.25) is 0 Å². The smallest absolute Gasteiger partial charge is 0.134 e. The van der Waals surface area contributed by atoms with Crippen LogP contribution < -0.4 is 0 Å². The number of rotatable bonds is 4. The van der Waals surface area contributed by atoms with E-state index in [-0.39, 0.29) is 0 Å². The second-order valence-corrected chi connectivity index (χ2v) is 6.98. The van der Waals surface area contributed by atoms with Gasteiger partial charge in [-0.15, -0.1) is 11.8 Å². The Kier molecular flexibility index (Phi) is 4.38. The summed E-state index contributed by atoms with van der Waals surface area (Å²) in [5.74, 6) is 1.20. The first kappa shape index (κ1) is 14.7. The molecular weight excluding hydrogens is 348 g/mol. The minimum absolute atomic E-state index is 0.570. The van der Waals surface area contributed by atoms with E-state index >= 15 is 0 Å². The van der Waals surface area contributed by atoms with Gasteiger partial charge in [0, 0.05) is 20.5 Å². The summed E-state index contributed by atoms with van der Waals surface area (Å²) in [5, 5.41) is 11.3. The number of halogens is 1. The van der Waals surface area contributed by atoms with Crippen molar-refractivity contribution in [1.29, 1.82) is 0 Å². The Morgan fingerprint density at radius 3 is 2.67 bits per heavy atom. The molecule has 0 saturated heterocycles. The van der Waals surface area contributed by atoms with Gasteiger partial charge in [0.05, 0.1) is 0 Å². The SMILES string of the molecule is Cc1ccc2oc(C(O)CSc3ccc(Br)cc3)cc2c1. The topological polar surface area (TPSA) is 33.4 Å². The van der Waals surface area contributed by atoms with Crippen LogP contribution in [0, 0.1) is 6.92 Å². The minimum Gasteiger partial charge on any atom is -0.458 e. The molecule has 0 fully saturated rings. The third kappa shape index (κ3) is 3.51. The fraction of sp³-hybridized carbons (Fsp3) is 0.176. The summed E-state index contributed by atoms with van der Waals surface area (Å²) in [5.41, 5.74) is 2.01. The maximum Gasteiger partial charge on any atom is 0.134 e. The Balaban J connectivity index is 1.71. The zero-order chi connectivity index (χ0) is 14.8. The van der Waals surface area contributed by atoms with Crippen LogP contribution >= 0.6 is 27.7 Å². The lowest BCUT2D eigenvalue weighted by Crippen LogP contribution is -1.98. The fourth-order valence-electron chi connectivity index (χ4n) is 2.14. The molecule has 0 spiro atoms. The van der Waals surface area contributed by atoms with E-state index in [0.29, 0.717) is 11.5 Å². The van der Waals surface area contributed by atoms with Crippen molar-refractivity contribution in [3.8, 4) is 0 Å². The Labute approximate surface area is 136 Å². The van der Waals surface area contributed by atoms with E-state index < -0.39 is 6.10 Å². The third-order valence-electron chi connectivity index (χ3n) is 3.24. The zero-order valence-corrected chi connectivity index (χ0v) is 13.9. The molecule has 1 unspecified atom stereocenters. The van der Waals surface area contributed by atoms with Crippen LogP contribution in [0.3, 0.4) is 0 Å². The van der Waals surface area contributed by atoms with Crippen LogP contribution in [0.4, 0.5) is 0 Å². The lowest BCUT2D eigenvalue weighted by atomic mass is 10.2. The number of hydrogen-bond acceptors (Lipinski definition) is 3. The monoisotopic (exact) mass is 362 g/mol. The molecule has 21 heavy (non-hydrogen) atoms. The van der Waals surface area contributed by atoms with Gasteiger partial charge < -0.3 is 9.52 Å². The second kappa shape index (κ2) is 6.26. The standard InChI is InChI=1S/C17H15BrO2S/c1-11-2-7-16-12(8-11)9-17(20-16)15(19)10-21-14-5-3-13(18)4-6-14/h2-9,15,19H,10H2,1H3. The van der Waals surface area contributed by atoms with Gasteiger partial charge in [-0.25, -0.2) is 0 Å². The Hall–Kier alpha value is -1.23. The zero-order valence-electron chi connectivity index (χ0n) is 11.5. The molecule has 3 rings (SSSR count). The van der Waals surface area contributed by atoms with E-state index in [2.05, 4.69) is 22.0 Å².